The summed E-state index contributed by atoms with van der Waals surface area (Å²) in [5.74, 6) is -0.720. The van der Waals surface area contributed by atoms with Crippen molar-refractivity contribution in [2.45, 2.75) is 18.7 Å². The zero-order valence-electron chi connectivity index (χ0n) is 16.8. The number of rotatable bonds is 7. The second-order valence-electron chi connectivity index (χ2n) is 6.70. The zero-order valence-corrected chi connectivity index (χ0v) is 18.5. The Morgan fingerprint density at radius 2 is 1.83 bits per heavy atom. The third-order valence-electron chi connectivity index (χ3n) is 4.58. The van der Waals surface area contributed by atoms with Crippen molar-refractivity contribution < 1.29 is 22.7 Å². The highest BCUT2D eigenvalue weighted by Crippen LogP contribution is 2.23. The molecular weight excluding hydrogens is 428 g/mol. The van der Waals surface area contributed by atoms with E-state index in [2.05, 4.69) is 10.3 Å². The lowest BCUT2D eigenvalue weighted by Gasteiger charge is -2.33. The first-order chi connectivity index (χ1) is 14.3. The first-order valence-corrected chi connectivity index (χ1v) is 11.8. The molecule has 1 aliphatic heterocycles. The molecule has 0 bridgehead atoms. The predicted octanol–water partition coefficient (Wildman–Crippen LogP) is 1.57. The number of thiazole rings is 1. The second kappa shape index (κ2) is 9.65. The molecular formula is C19H24N4O5S2. The number of ether oxygens (including phenoxy) is 1. The Bertz CT molecular complexity index is 999. The zero-order chi connectivity index (χ0) is 21.7. The lowest BCUT2D eigenvalue weighted by atomic mass is 10.3. The summed E-state index contributed by atoms with van der Waals surface area (Å²) in [5.41, 5.74) is 0.508. The van der Waals surface area contributed by atoms with Crippen LogP contribution < -0.4 is 5.32 Å². The molecule has 1 N–H and O–H groups in total. The fraction of sp³-hybridized carbons (Fsp3) is 0.421. The van der Waals surface area contributed by atoms with E-state index in [1.165, 1.54) is 4.31 Å². The third kappa shape index (κ3) is 5.22. The Kier molecular flexibility index (Phi) is 7.19. The summed E-state index contributed by atoms with van der Waals surface area (Å²) in [7, 11) is -3.52. The lowest BCUT2D eigenvalue weighted by Crippen LogP contribution is -2.50. The Morgan fingerprint density at radius 1 is 1.17 bits per heavy atom. The molecule has 1 amide bonds. The maximum absolute atomic E-state index is 12.7. The minimum atomic E-state index is -3.52. The van der Waals surface area contributed by atoms with Gasteiger partial charge in [-0.15, -0.1) is 0 Å². The molecule has 0 radical (unpaired) electrons. The highest BCUT2D eigenvalue weighted by atomic mass is 32.2. The molecule has 0 unspecified atom stereocenters. The monoisotopic (exact) mass is 452 g/mol. The Hall–Kier alpha value is -2.34. The van der Waals surface area contributed by atoms with Gasteiger partial charge in [-0.2, -0.15) is 4.31 Å². The maximum Gasteiger partial charge on any atom is 0.350 e. The first kappa shape index (κ1) is 22.3. The number of benzene rings is 1. The number of anilines is 1. The van der Waals surface area contributed by atoms with E-state index in [1.54, 1.807) is 44.2 Å². The third-order valence-corrected chi connectivity index (χ3v) is 7.55. The van der Waals surface area contributed by atoms with E-state index in [0.29, 0.717) is 41.9 Å². The number of carbonyl (C=O) groups is 2. The molecule has 3 rings (SSSR count). The van der Waals surface area contributed by atoms with E-state index in [0.717, 1.165) is 11.3 Å². The number of esters is 1. The average Bonchev–Trinajstić information content (AvgIpc) is 3.09. The Balaban J connectivity index is 1.52. The van der Waals surface area contributed by atoms with Gasteiger partial charge in [-0.1, -0.05) is 29.5 Å². The van der Waals surface area contributed by atoms with E-state index in [1.807, 2.05) is 4.90 Å². The molecule has 1 saturated heterocycles. The van der Waals surface area contributed by atoms with Crippen LogP contribution in [0, 0.1) is 6.92 Å². The van der Waals surface area contributed by atoms with Gasteiger partial charge in [0, 0.05) is 26.2 Å². The minimum absolute atomic E-state index is 0.118. The Labute approximate surface area is 179 Å². The van der Waals surface area contributed by atoms with Gasteiger partial charge in [0.25, 0.3) is 0 Å². The van der Waals surface area contributed by atoms with Crippen LogP contribution >= 0.6 is 11.3 Å². The van der Waals surface area contributed by atoms with Crippen LogP contribution in [0.4, 0.5) is 5.13 Å². The molecule has 0 saturated carbocycles. The van der Waals surface area contributed by atoms with Gasteiger partial charge in [0.2, 0.25) is 15.9 Å². The van der Waals surface area contributed by atoms with Crippen molar-refractivity contribution in [1.29, 1.82) is 0 Å². The number of aryl methyl sites for hydroxylation is 1. The summed E-state index contributed by atoms with van der Waals surface area (Å²) in [6.45, 7) is 5.32. The molecule has 30 heavy (non-hydrogen) atoms. The molecule has 9 nitrogen and oxygen atoms in total. The molecule has 1 aliphatic rings. The van der Waals surface area contributed by atoms with Crippen molar-refractivity contribution in [2.24, 2.45) is 0 Å². The molecule has 1 fully saturated rings. The lowest BCUT2D eigenvalue weighted by molar-refractivity contribution is -0.117. The van der Waals surface area contributed by atoms with Crippen LogP contribution in [-0.4, -0.2) is 73.8 Å². The molecule has 0 spiro atoms. The standard InChI is InChI=1S/C19H24N4O5S2/c1-3-28-18(25)17-14(2)20-19(29-17)21-16(24)13-22-9-11-23(12-10-22)30(26,27)15-7-5-4-6-8-15/h4-8H,3,9-13H2,1-2H3,(H,20,21,24). The number of piperazine rings is 1. The highest BCUT2D eigenvalue weighted by molar-refractivity contribution is 7.89. The molecule has 1 aromatic heterocycles. The van der Waals surface area contributed by atoms with Gasteiger partial charge in [-0.05, 0) is 26.0 Å². The number of aromatic nitrogens is 1. The topological polar surface area (TPSA) is 109 Å². The van der Waals surface area contributed by atoms with Gasteiger partial charge in [0.15, 0.2) is 5.13 Å². The van der Waals surface area contributed by atoms with Crippen LogP contribution in [0.2, 0.25) is 0 Å². The van der Waals surface area contributed by atoms with Crippen LogP contribution in [-0.2, 0) is 19.6 Å². The van der Waals surface area contributed by atoms with Crippen molar-refractivity contribution in [3.63, 3.8) is 0 Å². The van der Waals surface area contributed by atoms with Crippen molar-refractivity contribution in [1.82, 2.24) is 14.2 Å². The van der Waals surface area contributed by atoms with Crippen molar-refractivity contribution in [2.75, 3.05) is 44.6 Å². The minimum Gasteiger partial charge on any atom is -0.462 e. The molecule has 2 aromatic rings. The van der Waals surface area contributed by atoms with Gasteiger partial charge in [0.1, 0.15) is 4.88 Å². The number of amides is 1. The van der Waals surface area contributed by atoms with E-state index in [-0.39, 0.29) is 24.0 Å². The summed E-state index contributed by atoms with van der Waals surface area (Å²) in [6.07, 6.45) is 0. The van der Waals surface area contributed by atoms with Crippen LogP contribution in [0.3, 0.4) is 0 Å². The molecule has 162 valence electrons. The quantitative estimate of drug-likeness (QED) is 0.635. The number of sulfonamides is 1. The Morgan fingerprint density at radius 3 is 2.47 bits per heavy atom. The largest absolute Gasteiger partial charge is 0.462 e. The fourth-order valence-corrected chi connectivity index (χ4v) is 5.39. The molecule has 0 aliphatic carbocycles. The van der Waals surface area contributed by atoms with Crippen LogP contribution in [0.5, 0.6) is 0 Å². The van der Waals surface area contributed by atoms with Crippen molar-refractivity contribution in [3.8, 4) is 0 Å². The van der Waals surface area contributed by atoms with Gasteiger partial charge < -0.3 is 10.1 Å². The van der Waals surface area contributed by atoms with E-state index in [9.17, 15) is 18.0 Å². The van der Waals surface area contributed by atoms with Crippen LogP contribution in [0.1, 0.15) is 22.3 Å². The van der Waals surface area contributed by atoms with Gasteiger partial charge >= 0.3 is 5.97 Å². The molecule has 2 heterocycles. The van der Waals surface area contributed by atoms with Crippen LogP contribution in [0.25, 0.3) is 0 Å². The smallest absolute Gasteiger partial charge is 0.350 e. The summed E-state index contributed by atoms with van der Waals surface area (Å²) in [4.78, 5) is 31.0. The fourth-order valence-electron chi connectivity index (χ4n) is 3.07. The van der Waals surface area contributed by atoms with E-state index < -0.39 is 16.0 Å². The second-order valence-corrected chi connectivity index (χ2v) is 9.63. The molecule has 11 heteroatoms. The first-order valence-electron chi connectivity index (χ1n) is 9.53. The van der Waals surface area contributed by atoms with Crippen LogP contribution in [0.15, 0.2) is 35.2 Å². The number of nitrogens with one attached hydrogen (secondary N) is 1. The van der Waals surface area contributed by atoms with E-state index in [4.69, 9.17) is 4.74 Å². The average molecular weight is 453 g/mol. The van der Waals surface area contributed by atoms with E-state index >= 15 is 0 Å². The summed E-state index contributed by atoms with van der Waals surface area (Å²) in [6, 6.07) is 8.32. The van der Waals surface area contributed by atoms with Gasteiger partial charge in [-0.25, -0.2) is 18.2 Å². The van der Waals surface area contributed by atoms with Crippen molar-refractivity contribution in [3.05, 3.63) is 40.9 Å². The molecule has 1 aromatic carbocycles. The molecule has 0 atom stereocenters. The number of hydrogen-bond donors (Lipinski definition) is 1. The van der Waals surface area contributed by atoms with Crippen molar-refractivity contribution >= 4 is 38.4 Å². The highest BCUT2D eigenvalue weighted by Gasteiger charge is 2.29. The summed E-state index contributed by atoms with van der Waals surface area (Å²) in [5, 5.41) is 3.04. The van der Waals surface area contributed by atoms with Gasteiger partial charge in [-0.3, -0.25) is 9.69 Å². The number of hydrogen-bond acceptors (Lipinski definition) is 8. The predicted molar refractivity (Wildman–Crippen MR) is 113 cm³/mol. The SMILES string of the molecule is CCOC(=O)c1sc(NC(=O)CN2CCN(S(=O)(=O)c3ccccc3)CC2)nc1C. The maximum atomic E-state index is 12.7. The van der Waals surface area contributed by atoms with Gasteiger partial charge in [0.05, 0.1) is 23.7 Å². The normalized spacial score (nSPS) is 15.7. The number of carbonyl (C=O) groups excluding carboxylic acids is 2. The summed E-state index contributed by atoms with van der Waals surface area (Å²) >= 11 is 1.08. The number of nitrogens with zero attached hydrogens (tertiary/aromatic N) is 3. The summed E-state index contributed by atoms with van der Waals surface area (Å²) < 4.78 is 31.8.